The summed E-state index contributed by atoms with van der Waals surface area (Å²) in [4.78, 5) is 71.3. The molecule has 8 rings (SSSR count). The number of non-ortho nitro benzene ring substituents is 1. The topological polar surface area (TPSA) is 138 Å². The van der Waals surface area contributed by atoms with Crippen LogP contribution in [0.25, 0.3) is 0 Å². The number of carbonyl (C=O) groups is 4. The molecule has 0 spiro atoms. The van der Waals surface area contributed by atoms with Crippen LogP contribution in [0.5, 0.6) is 5.75 Å². The number of phenolic OH excluding ortho intramolecular Hbond substituents is 1. The van der Waals surface area contributed by atoms with E-state index in [0.29, 0.717) is 26.7 Å². The van der Waals surface area contributed by atoms with Gasteiger partial charge in [-0.25, -0.2) is 4.90 Å². The Kier molecular flexibility index (Phi) is 7.43. The van der Waals surface area contributed by atoms with Crippen LogP contribution in [-0.4, -0.2) is 33.7 Å². The zero-order valence-electron chi connectivity index (χ0n) is 26.1. The van der Waals surface area contributed by atoms with Crippen molar-refractivity contribution < 1.29 is 29.2 Å². The molecule has 12 heteroatoms. The molecule has 2 aliphatic carbocycles. The highest BCUT2D eigenvalue weighted by Crippen LogP contribution is 2.65. The summed E-state index contributed by atoms with van der Waals surface area (Å²) in [6, 6.07) is 25.2. The number of hydrogen-bond donors (Lipinski definition) is 1. The van der Waals surface area contributed by atoms with Crippen LogP contribution in [0.2, 0.25) is 10.0 Å². The second-order valence-electron chi connectivity index (χ2n) is 13.1. The Balaban J connectivity index is 1.34. The average molecular weight is 709 g/mol. The van der Waals surface area contributed by atoms with Gasteiger partial charge in [0.2, 0.25) is 23.6 Å². The number of allylic oxidation sites excluding steroid dienone is 2. The van der Waals surface area contributed by atoms with Crippen LogP contribution in [0.15, 0.2) is 109 Å². The molecule has 4 amide bonds. The van der Waals surface area contributed by atoms with Crippen molar-refractivity contribution in [1.82, 2.24) is 0 Å². The molecule has 0 bridgehead atoms. The third kappa shape index (κ3) is 4.48. The molecule has 1 N–H and O–H groups in total. The van der Waals surface area contributed by atoms with Crippen LogP contribution in [0, 0.1) is 33.8 Å². The first-order valence-corrected chi connectivity index (χ1v) is 16.8. The standard InChI is InChI=1S/C38H27Cl2N3O7/c39-21-7-4-8-25(17-21)42-35(46)30-19-28-26(14-15-27-32(28)36(47)41(34(27)45)23-10-12-24(13-11-23)43(49)50)33(29-18-22(40)9-16-31(29)44)38(30,37(42)48)20-5-2-1-3-6-20/h1-14,16-18,27-28,30,32-33,44H,15,19H2. The van der Waals surface area contributed by atoms with E-state index >= 15 is 4.79 Å². The average Bonchev–Trinajstić information content (AvgIpc) is 3.50. The molecule has 0 aromatic heterocycles. The molecule has 6 atom stereocenters. The predicted molar refractivity (Wildman–Crippen MR) is 185 cm³/mol. The number of anilines is 2. The summed E-state index contributed by atoms with van der Waals surface area (Å²) in [6.45, 7) is 0. The fourth-order valence-corrected chi connectivity index (χ4v) is 9.19. The quantitative estimate of drug-likeness (QED) is 0.102. The number of phenols is 1. The number of nitro benzene ring substituents is 1. The molecule has 4 aromatic rings. The van der Waals surface area contributed by atoms with Gasteiger partial charge in [-0.15, -0.1) is 0 Å². The molecule has 3 fully saturated rings. The molecule has 0 radical (unpaired) electrons. The van der Waals surface area contributed by atoms with Gasteiger partial charge in [0, 0.05) is 33.7 Å². The Morgan fingerprint density at radius 3 is 2.18 bits per heavy atom. The Labute approximate surface area is 295 Å². The first-order chi connectivity index (χ1) is 24.0. The van der Waals surface area contributed by atoms with E-state index in [9.17, 15) is 29.6 Å². The van der Waals surface area contributed by atoms with E-state index in [2.05, 4.69) is 0 Å². The summed E-state index contributed by atoms with van der Waals surface area (Å²) in [6.07, 6.45) is 2.11. The van der Waals surface area contributed by atoms with Crippen LogP contribution in [0.1, 0.15) is 29.9 Å². The number of hydrogen-bond acceptors (Lipinski definition) is 7. The number of halogens is 2. The minimum atomic E-state index is -1.57. The Hall–Kier alpha value is -5.32. The molecule has 50 heavy (non-hydrogen) atoms. The monoisotopic (exact) mass is 707 g/mol. The molecule has 1 saturated carbocycles. The summed E-state index contributed by atoms with van der Waals surface area (Å²) < 4.78 is 0. The second-order valence-corrected chi connectivity index (χ2v) is 14.0. The molecule has 4 aromatic carbocycles. The van der Waals surface area contributed by atoms with E-state index in [1.807, 2.05) is 12.1 Å². The summed E-state index contributed by atoms with van der Waals surface area (Å²) in [7, 11) is 0. The van der Waals surface area contributed by atoms with Gasteiger partial charge in [-0.3, -0.25) is 34.2 Å². The fraction of sp³-hybridized carbons (Fsp3) is 0.211. The van der Waals surface area contributed by atoms with E-state index in [1.165, 1.54) is 36.4 Å². The number of carbonyl (C=O) groups excluding carboxylic acids is 4. The minimum absolute atomic E-state index is 0.0640. The molecule has 4 aliphatic rings. The van der Waals surface area contributed by atoms with Crippen LogP contribution in [0.4, 0.5) is 17.1 Å². The Morgan fingerprint density at radius 2 is 1.48 bits per heavy atom. The lowest BCUT2D eigenvalue weighted by molar-refractivity contribution is -0.384. The molecular formula is C38H27Cl2N3O7. The zero-order chi connectivity index (χ0) is 35.1. The van der Waals surface area contributed by atoms with Crippen molar-refractivity contribution in [3.63, 3.8) is 0 Å². The van der Waals surface area contributed by atoms with Gasteiger partial charge in [-0.05, 0) is 72.9 Å². The minimum Gasteiger partial charge on any atom is -0.508 e. The number of fused-ring (bicyclic) bond motifs is 4. The van der Waals surface area contributed by atoms with Crippen LogP contribution >= 0.6 is 23.2 Å². The van der Waals surface area contributed by atoms with E-state index in [1.54, 1.807) is 54.6 Å². The summed E-state index contributed by atoms with van der Waals surface area (Å²) in [5.41, 5.74) is 0.277. The van der Waals surface area contributed by atoms with Crippen molar-refractivity contribution in [1.29, 1.82) is 0 Å². The third-order valence-corrected chi connectivity index (χ3v) is 11.3. The lowest BCUT2D eigenvalue weighted by atomic mass is 9.49. The maximum Gasteiger partial charge on any atom is 0.269 e. The Morgan fingerprint density at radius 1 is 0.760 bits per heavy atom. The predicted octanol–water partition coefficient (Wildman–Crippen LogP) is 6.97. The number of imide groups is 2. The van der Waals surface area contributed by atoms with E-state index in [0.717, 1.165) is 9.80 Å². The van der Waals surface area contributed by atoms with Crippen molar-refractivity contribution in [2.24, 2.45) is 23.7 Å². The molecule has 2 saturated heterocycles. The van der Waals surface area contributed by atoms with Gasteiger partial charge < -0.3 is 5.11 Å². The smallest absolute Gasteiger partial charge is 0.269 e. The van der Waals surface area contributed by atoms with Gasteiger partial charge in [0.1, 0.15) is 5.75 Å². The van der Waals surface area contributed by atoms with Gasteiger partial charge in [-0.1, -0.05) is 71.2 Å². The first kappa shape index (κ1) is 31.9. The van der Waals surface area contributed by atoms with Crippen molar-refractivity contribution in [3.05, 3.63) is 140 Å². The molecule has 6 unspecified atom stereocenters. The fourth-order valence-electron chi connectivity index (χ4n) is 8.82. The summed E-state index contributed by atoms with van der Waals surface area (Å²) in [5, 5.41) is 23.4. The number of amides is 4. The SMILES string of the molecule is O=C1C2CC=C3C(CC4C(=O)N(c5cccc(Cl)c5)C(=O)C4(c4ccccc4)C3c3cc(Cl)ccc3O)C2C(=O)N1c1ccc([N+](=O)[O-])cc1. The van der Waals surface area contributed by atoms with Gasteiger partial charge in [0.15, 0.2) is 0 Å². The van der Waals surface area contributed by atoms with Crippen molar-refractivity contribution >= 4 is 63.9 Å². The molecule has 250 valence electrons. The van der Waals surface area contributed by atoms with Crippen LogP contribution in [0.3, 0.4) is 0 Å². The van der Waals surface area contributed by atoms with Gasteiger partial charge in [-0.2, -0.15) is 0 Å². The maximum absolute atomic E-state index is 15.2. The van der Waals surface area contributed by atoms with Crippen molar-refractivity contribution in [2.75, 3.05) is 9.80 Å². The lowest BCUT2D eigenvalue weighted by Crippen LogP contribution is -2.53. The van der Waals surface area contributed by atoms with E-state index in [-0.39, 0.29) is 35.7 Å². The van der Waals surface area contributed by atoms with Gasteiger partial charge >= 0.3 is 0 Å². The largest absolute Gasteiger partial charge is 0.508 e. The molecule has 2 aliphatic heterocycles. The summed E-state index contributed by atoms with van der Waals surface area (Å²) in [5.74, 6) is -6.36. The molecular weight excluding hydrogens is 681 g/mol. The molecule has 10 nitrogen and oxygen atoms in total. The van der Waals surface area contributed by atoms with Crippen LogP contribution in [-0.2, 0) is 24.6 Å². The third-order valence-electron chi connectivity index (χ3n) is 10.8. The number of nitro groups is 1. The number of rotatable bonds is 5. The van der Waals surface area contributed by atoms with Gasteiger partial charge in [0.05, 0.1) is 39.5 Å². The van der Waals surface area contributed by atoms with Crippen LogP contribution < -0.4 is 9.80 Å². The van der Waals surface area contributed by atoms with E-state index in [4.69, 9.17) is 23.2 Å². The van der Waals surface area contributed by atoms with Gasteiger partial charge in [0.25, 0.3) is 5.69 Å². The highest BCUT2D eigenvalue weighted by Gasteiger charge is 2.70. The second kappa shape index (κ2) is 11.6. The molecule has 2 heterocycles. The number of aromatic hydroxyl groups is 1. The maximum atomic E-state index is 15.2. The first-order valence-electron chi connectivity index (χ1n) is 16.0. The van der Waals surface area contributed by atoms with E-state index < -0.39 is 63.6 Å². The van der Waals surface area contributed by atoms with Crippen molar-refractivity contribution in [2.45, 2.75) is 24.2 Å². The Bertz CT molecular complexity index is 2170. The van der Waals surface area contributed by atoms with Crippen molar-refractivity contribution in [3.8, 4) is 5.75 Å². The number of nitrogens with zero attached hydrogens (tertiary/aromatic N) is 3. The normalized spacial score (nSPS) is 27.2. The zero-order valence-corrected chi connectivity index (χ0v) is 27.6. The summed E-state index contributed by atoms with van der Waals surface area (Å²) >= 11 is 12.9. The number of benzene rings is 4. The highest BCUT2D eigenvalue weighted by molar-refractivity contribution is 6.32. The highest BCUT2D eigenvalue weighted by atomic mass is 35.5. The lowest BCUT2D eigenvalue weighted by Gasteiger charge is -2.50.